The van der Waals surface area contributed by atoms with Crippen molar-refractivity contribution >= 4 is 40.5 Å². The first-order valence-electron chi connectivity index (χ1n) is 8.82. The van der Waals surface area contributed by atoms with Gasteiger partial charge in [0.25, 0.3) is 0 Å². The molecule has 0 bridgehead atoms. The molecule has 2 aromatic carbocycles. The summed E-state index contributed by atoms with van der Waals surface area (Å²) in [7, 11) is 0. The summed E-state index contributed by atoms with van der Waals surface area (Å²) in [6.07, 6.45) is 3.33. The standard InChI is InChI=1S/C21H19ClN4O3/c22-14-3-8-19(18(23)12-14)26-21(28)10-9-20(27)25-15-4-6-16(7-5-15)29-17-2-1-11-24-13-17/h1-8,11-13H,9-10,23H2,(H,25,27)(H,26,28). The Balaban J connectivity index is 1.46. The number of hydrogen-bond donors (Lipinski definition) is 3. The minimum Gasteiger partial charge on any atom is -0.456 e. The first kappa shape index (κ1) is 20.2. The third-order valence-electron chi connectivity index (χ3n) is 3.88. The maximum Gasteiger partial charge on any atom is 0.224 e. The maximum atomic E-state index is 12.1. The molecule has 2 amide bonds. The smallest absolute Gasteiger partial charge is 0.224 e. The van der Waals surface area contributed by atoms with Gasteiger partial charge in [-0.25, -0.2) is 0 Å². The number of carbonyl (C=O) groups is 2. The highest BCUT2D eigenvalue weighted by Crippen LogP contribution is 2.23. The van der Waals surface area contributed by atoms with Gasteiger partial charge in [0.15, 0.2) is 0 Å². The normalized spacial score (nSPS) is 10.2. The lowest BCUT2D eigenvalue weighted by Gasteiger charge is -2.09. The molecule has 0 aliphatic carbocycles. The quantitative estimate of drug-likeness (QED) is 0.498. The first-order valence-corrected chi connectivity index (χ1v) is 9.20. The Labute approximate surface area is 172 Å². The Kier molecular flexibility index (Phi) is 6.65. The Morgan fingerprint density at radius 3 is 2.34 bits per heavy atom. The Hall–Kier alpha value is -3.58. The summed E-state index contributed by atoms with van der Waals surface area (Å²) in [5.41, 5.74) is 7.23. The van der Waals surface area contributed by atoms with Gasteiger partial charge in [-0.3, -0.25) is 14.6 Å². The van der Waals surface area contributed by atoms with E-state index in [2.05, 4.69) is 15.6 Å². The van der Waals surface area contributed by atoms with Gasteiger partial charge in [0.1, 0.15) is 11.5 Å². The number of pyridine rings is 1. The van der Waals surface area contributed by atoms with E-state index in [0.29, 0.717) is 33.6 Å². The zero-order valence-electron chi connectivity index (χ0n) is 15.4. The summed E-state index contributed by atoms with van der Waals surface area (Å²) in [6.45, 7) is 0. The summed E-state index contributed by atoms with van der Waals surface area (Å²) < 4.78 is 5.64. The van der Waals surface area contributed by atoms with Crippen molar-refractivity contribution in [2.24, 2.45) is 0 Å². The largest absolute Gasteiger partial charge is 0.456 e. The number of rotatable bonds is 7. The third-order valence-corrected chi connectivity index (χ3v) is 4.11. The molecule has 0 spiro atoms. The van der Waals surface area contributed by atoms with Gasteiger partial charge in [0.2, 0.25) is 11.8 Å². The number of carbonyl (C=O) groups excluding carboxylic acids is 2. The van der Waals surface area contributed by atoms with Crippen molar-refractivity contribution in [2.45, 2.75) is 12.8 Å². The molecule has 0 saturated carbocycles. The van der Waals surface area contributed by atoms with Gasteiger partial charge in [0.05, 0.1) is 17.6 Å². The van der Waals surface area contributed by atoms with E-state index < -0.39 is 0 Å². The summed E-state index contributed by atoms with van der Waals surface area (Å²) in [5.74, 6) is 0.659. The third kappa shape index (κ3) is 6.22. The highest BCUT2D eigenvalue weighted by molar-refractivity contribution is 6.31. The van der Waals surface area contributed by atoms with Gasteiger partial charge in [-0.2, -0.15) is 0 Å². The van der Waals surface area contributed by atoms with Gasteiger partial charge in [-0.05, 0) is 54.6 Å². The van der Waals surface area contributed by atoms with Crippen LogP contribution < -0.4 is 21.1 Å². The van der Waals surface area contributed by atoms with E-state index >= 15 is 0 Å². The van der Waals surface area contributed by atoms with E-state index in [1.54, 1.807) is 67.0 Å². The van der Waals surface area contributed by atoms with Crippen molar-refractivity contribution in [3.8, 4) is 11.5 Å². The molecule has 0 atom stereocenters. The molecule has 0 fully saturated rings. The summed E-state index contributed by atoms with van der Waals surface area (Å²) in [6, 6.07) is 15.3. The van der Waals surface area contributed by atoms with Crippen LogP contribution in [0.4, 0.5) is 17.1 Å². The number of hydrogen-bond acceptors (Lipinski definition) is 5. The molecule has 0 unspecified atom stereocenters. The lowest BCUT2D eigenvalue weighted by Crippen LogP contribution is -2.17. The average Bonchev–Trinajstić information content (AvgIpc) is 2.71. The second-order valence-corrected chi connectivity index (χ2v) is 6.58. The van der Waals surface area contributed by atoms with E-state index in [1.165, 1.54) is 0 Å². The molecule has 3 aromatic rings. The van der Waals surface area contributed by atoms with E-state index in [4.69, 9.17) is 22.1 Å². The number of halogens is 1. The van der Waals surface area contributed by atoms with Crippen LogP contribution >= 0.6 is 11.6 Å². The minimum atomic E-state index is -0.311. The number of nitrogen functional groups attached to an aromatic ring is 1. The maximum absolute atomic E-state index is 12.1. The molecular formula is C21H19ClN4O3. The fourth-order valence-electron chi connectivity index (χ4n) is 2.46. The molecule has 29 heavy (non-hydrogen) atoms. The number of nitrogens with one attached hydrogen (secondary N) is 2. The lowest BCUT2D eigenvalue weighted by molar-refractivity contribution is -0.121. The van der Waals surface area contributed by atoms with Crippen LogP contribution in [-0.4, -0.2) is 16.8 Å². The summed E-state index contributed by atoms with van der Waals surface area (Å²) in [5, 5.41) is 5.89. The zero-order valence-corrected chi connectivity index (χ0v) is 16.1. The van der Waals surface area contributed by atoms with Crippen LogP contribution in [0.5, 0.6) is 11.5 Å². The molecule has 0 aliphatic rings. The van der Waals surface area contributed by atoms with Crippen molar-refractivity contribution in [1.82, 2.24) is 4.98 Å². The number of nitrogens with zero attached hydrogens (tertiary/aromatic N) is 1. The Morgan fingerprint density at radius 1 is 0.966 bits per heavy atom. The SMILES string of the molecule is Nc1cc(Cl)ccc1NC(=O)CCC(=O)Nc1ccc(Oc2cccnc2)cc1. The predicted octanol–water partition coefficient (Wildman–Crippen LogP) is 4.47. The van der Waals surface area contributed by atoms with Crippen LogP contribution in [-0.2, 0) is 9.59 Å². The van der Waals surface area contributed by atoms with Gasteiger partial charge in [-0.1, -0.05) is 11.6 Å². The van der Waals surface area contributed by atoms with Gasteiger partial charge in [-0.15, -0.1) is 0 Å². The first-order chi connectivity index (χ1) is 14.0. The molecule has 8 heteroatoms. The number of anilines is 3. The van der Waals surface area contributed by atoms with Crippen molar-refractivity contribution in [3.63, 3.8) is 0 Å². The van der Waals surface area contributed by atoms with Crippen LogP contribution in [0.2, 0.25) is 5.02 Å². The van der Waals surface area contributed by atoms with Crippen LogP contribution in [0, 0.1) is 0 Å². The fraction of sp³-hybridized carbons (Fsp3) is 0.0952. The van der Waals surface area contributed by atoms with Crippen molar-refractivity contribution < 1.29 is 14.3 Å². The second kappa shape index (κ2) is 9.57. The molecule has 148 valence electrons. The molecule has 3 rings (SSSR count). The van der Waals surface area contributed by atoms with Gasteiger partial charge in [0, 0.05) is 29.7 Å². The van der Waals surface area contributed by atoms with E-state index in [0.717, 1.165) is 0 Å². The van der Waals surface area contributed by atoms with Crippen LogP contribution in [0.3, 0.4) is 0 Å². The number of amides is 2. The molecule has 7 nitrogen and oxygen atoms in total. The van der Waals surface area contributed by atoms with E-state index in [9.17, 15) is 9.59 Å². The van der Waals surface area contributed by atoms with Crippen LogP contribution in [0.15, 0.2) is 67.0 Å². The highest BCUT2D eigenvalue weighted by atomic mass is 35.5. The predicted molar refractivity (Wildman–Crippen MR) is 113 cm³/mol. The van der Waals surface area contributed by atoms with Gasteiger partial charge < -0.3 is 21.1 Å². The molecule has 1 heterocycles. The van der Waals surface area contributed by atoms with Gasteiger partial charge >= 0.3 is 0 Å². The molecular weight excluding hydrogens is 392 g/mol. The van der Waals surface area contributed by atoms with Crippen LogP contribution in [0.25, 0.3) is 0 Å². The van der Waals surface area contributed by atoms with E-state index in [-0.39, 0.29) is 24.7 Å². The molecule has 4 N–H and O–H groups in total. The Morgan fingerprint density at radius 2 is 1.69 bits per heavy atom. The molecule has 0 saturated heterocycles. The minimum absolute atomic E-state index is 0.0239. The highest BCUT2D eigenvalue weighted by Gasteiger charge is 2.10. The van der Waals surface area contributed by atoms with Crippen LogP contribution in [0.1, 0.15) is 12.8 Å². The summed E-state index contributed by atoms with van der Waals surface area (Å²) in [4.78, 5) is 28.1. The lowest BCUT2D eigenvalue weighted by atomic mass is 10.2. The van der Waals surface area contributed by atoms with Crippen molar-refractivity contribution in [3.05, 3.63) is 72.0 Å². The number of aromatic nitrogens is 1. The van der Waals surface area contributed by atoms with Crippen molar-refractivity contribution in [1.29, 1.82) is 0 Å². The topological polar surface area (TPSA) is 106 Å². The molecule has 0 radical (unpaired) electrons. The molecule has 1 aromatic heterocycles. The number of ether oxygens (including phenoxy) is 1. The van der Waals surface area contributed by atoms with E-state index in [1.807, 2.05) is 0 Å². The fourth-order valence-corrected chi connectivity index (χ4v) is 2.64. The second-order valence-electron chi connectivity index (χ2n) is 6.14. The zero-order chi connectivity index (χ0) is 20.6. The Bertz CT molecular complexity index is 995. The summed E-state index contributed by atoms with van der Waals surface area (Å²) >= 11 is 5.83. The van der Waals surface area contributed by atoms with Crippen molar-refractivity contribution in [2.75, 3.05) is 16.4 Å². The molecule has 0 aliphatic heterocycles. The number of nitrogens with two attached hydrogens (primary N) is 1. The number of benzene rings is 2. The monoisotopic (exact) mass is 410 g/mol. The average molecular weight is 411 g/mol.